The molecule has 23 heavy (non-hydrogen) atoms. The average molecular weight is 308 g/mol. The van der Waals surface area contributed by atoms with Crippen LogP contribution in [0.3, 0.4) is 0 Å². The van der Waals surface area contributed by atoms with Crippen LogP contribution in [0.5, 0.6) is 0 Å². The van der Waals surface area contributed by atoms with Crippen LogP contribution in [0.25, 0.3) is 16.6 Å². The molecule has 118 valence electrons. The molecule has 0 aliphatic carbocycles. The minimum atomic E-state index is 0.0143. The lowest BCUT2D eigenvalue weighted by molar-refractivity contribution is -0.121. The number of carbonyl (C=O) groups excluding carboxylic acids is 1. The summed E-state index contributed by atoms with van der Waals surface area (Å²) in [6.07, 6.45) is 12.7. The van der Waals surface area contributed by atoms with Crippen LogP contribution in [0.1, 0.15) is 18.4 Å². The smallest absolute Gasteiger partial charge is 0.222 e. The fourth-order valence-corrected chi connectivity index (χ4v) is 2.88. The van der Waals surface area contributed by atoms with Crippen LogP contribution in [-0.4, -0.2) is 47.0 Å². The predicted octanol–water partition coefficient (Wildman–Crippen LogP) is 1.79. The molecule has 1 amide bonds. The van der Waals surface area contributed by atoms with E-state index in [0.29, 0.717) is 13.0 Å². The van der Waals surface area contributed by atoms with E-state index in [2.05, 4.69) is 38.2 Å². The number of hydrogen-bond donors (Lipinski definition) is 2. The Bertz CT molecular complexity index is 769. The quantitative estimate of drug-likeness (QED) is 0.828. The van der Waals surface area contributed by atoms with Crippen molar-refractivity contribution in [3.05, 3.63) is 36.2 Å². The molecule has 0 bridgehead atoms. The van der Waals surface area contributed by atoms with E-state index in [-0.39, 0.29) is 5.91 Å². The van der Waals surface area contributed by atoms with Crippen molar-refractivity contribution in [3.8, 4) is 12.3 Å². The van der Waals surface area contributed by atoms with E-state index in [0.717, 1.165) is 31.7 Å². The largest absolute Gasteiger partial charge is 0.346 e. The highest BCUT2D eigenvalue weighted by atomic mass is 16.1. The van der Waals surface area contributed by atoms with Crippen LogP contribution in [0, 0.1) is 12.3 Å². The van der Waals surface area contributed by atoms with E-state index in [1.807, 2.05) is 12.3 Å². The third-order valence-corrected chi connectivity index (χ3v) is 4.13. The van der Waals surface area contributed by atoms with Gasteiger partial charge in [-0.25, -0.2) is 4.98 Å². The summed E-state index contributed by atoms with van der Waals surface area (Å²) >= 11 is 0. The molecule has 0 unspecified atom stereocenters. The summed E-state index contributed by atoms with van der Waals surface area (Å²) in [7, 11) is 0. The van der Waals surface area contributed by atoms with Crippen molar-refractivity contribution in [2.45, 2.75) is 12.8 Å². The van der Waals surface area contributed by atoms with Crippen LogP contribution < -0.4 is 5.32 Å². The number of terminal acetylenes is 1. The van der Waals surface area contributed by atoms with Gasteiger partial charge in [-0.05, 0) is 24.1 Å². The Balaban J connectivity index is 1.58. The summed E-state index contributed by atoms with van der Waals surface area (Å²) in [4.78, 5) is 21.4. The zero-order valence-electron chi connectivity index (χ0n) is 13.0. The van der Waals surface area contributed by atoms with Crippen molar-refractivity contribution in [1.82, 2.24) is 20.2 Å². The topological polar surface area (TPSA) is 61.0 Å². The van der Waals surface area contributed by atoms with Crippen LogP contribution in [-0.2, 0) is 4.79 Å². The van der Waals surface area contributed by atoms with Crippen molar-refractivity contribution in [2.75, 3.05) is 26.2 Å². The summed E-state index contributed by atoms with van der Waals surface area (Å²) in [5, 5.41) is 3.86. The van der Waals surface area contributed by atoms with Crippen molar-refractivity contribution in [1.29, 1.82) is 0 Å². The van der Waals surface area contributed by atoms with Gasteiger partial charge in [0.1, 0.15) is 5.65 Å². The summed E-state index contributed by atoms with van der Waals surface area (Å²) < 4.78 is 0. The average Bonchev–Trinajstić information content (AvgIpc) is 3.02. The first kappa shape index (κ1) is 15.3. The molecular weight excluding hydrogens is 288 g/mol. The second-order valence-corrected chi connectivity index (χ2v) is 5.61. The summed E-state index contributed by atoms with van der Waals surface area (Å²) in [5.41, 5.74) is 3.51. The highest BCUT2D eigenvalue weighted by Gasteiger charge is 2.16. The molecule has 0 saturated carbocycles. The summed E-state index contributed by atoms with van der Waals surface area (Å²) in [5.74, 6) is 2.42. The second-order valence-electron chi connectivity index (χ2n) is 5.61. The molecule has 0 aromatic carbocycles. The third-order valence-electron chi connectivity index (χ3n) is 4.13. The molecule has 1 aliphatic heterocycles. The number of nitrogens with one attached hydrogen (secondary N) is 2. The van der Waals surface area contributed by atoms with Gasteiger partial charge in [0.15, 0.2) is 0 Å². The number of hydrogen-bond acceptors (Lipinski definition) is 3. The molecule has 2 aromatic heterocycles. The highest BCUT2D eigenvalue weighted by molar-refractivity contribution is 5.90. The number of aromatic nitrogens is 2. The molecule has 2 N–H and O–H groups in total. The van der Waals surface area contributed by atoms with Crippen molar-refractivity contribution in [3.63, 3.8) is 0 Å². The molecule has 0 radical (unpaired) electrons. The van der Waals surface area contributed by atoms with Gasteiger partial charge in [-0.2, -0.15) is 0 Å². The van der Waals surface area contributed by atoms with Gasteiger partial charge < -0.3 is 10.3 Å². The van der Waals surface area contributed by atoms with E-state index in [1.54, 1.807) is 6.20 Å². The number of aromatic amines is 1. The summed E-state index contributed by atoms with van der Waals surface area (Å²) in [6.45, 7) is 2.89. The number of fused-ring (bicyclic) bond motifs is 1. The normalized spacial score (nSPS) is 15.2. The minimum absolute atomic E-state index is 0.0143. The number of pyridine rings is 1. The van der Waals surface area contributed by atoms with Crippen LogP contribution in [0.2, 0.25) is 0 Å². The lowest BCUT2D eigenvalue weighted by Crippen LogP contribution is -2.33. The monoisotopic (exact) mass is 308 g/mol. The van der Waals surface area contributed by atoms with E-state index in [1.165, 1.54) is 16.5 Å². The minimum Gasteiger partial charge on any atom is -0.346 e. The molecule has 0 fully saturated rings. The van der Waals surface area contributed by atoms with Crippen molar-refractivity contribution in [2.24, 2.45) is 0 Å². The molecule has 1 aliphatic rings. The Labute approximate surface area is 135 Å². The van der Waals surface area contributed by atoms with Gasteiger partial charge in [0.05, 0.1) is 6.54 Å². The fourth-order valence-electron chi connectivity index (χ4n) is 2.88. The van der Waals surface area contributed by atoms with E-state index in [4.69, 9.17) is 6.42 Å². The Kier molecular flexibility index (Phi) is 4.74. The van der Waals surface area contributed by atoms with Crippen LogP contribution in [0.15, 0.2) is 30.6 Å². The van der Waals surface area contributed by atoms with Gasteiger partial charge in [-0.15, -0.1) is 6.42 Å². The molecule has 2 aromatic rings. The zero-order valence-corrected chi connectivity index (χ0v) is 13.0. The van der Waals surface area contributed by atoms with Crippen LogP contribution >= 0.6 is 0 Å². The number of nitrogens with zero attached hydrogens (tertiary/aromatic N) is 2. The first-order valence-electron chi connectivity index (χ1n) is 7.82. The van der Waals surface area contributed by atoms with Crippen molar-refractivity contribution < 1.29 is 4.79 Å². The molecular formula is C18H20N4O. The molecule has 0 saturated heterocycles. The number of H-pyrrole nitrogens is 1. The summed E-state index contributed by atoms with van der Waals surface area (Å²) in [6, 6.07) is 4.06. The maximum Gasteiger partial charge on any atom is 0.222 e. The Morgan fingerprint density at radius 2 is 2.43 bits per heavy atom. The third kappa shape index (κ3) is 3.61. The van der Waals surface area contributed by atoms with Gasteiger partial charge in [0, 0.05) is 49.4 Å². The predicted molar refractivity (Wildman–Crippen MR) is 91.6 cm³/mol. The van der Waals surface area contributed by atoms with Gasteiger partial charge in [-0.3, -0.25) is 9.69 Å². The SMILES string of the molecule is C#CCNC(=O)CCN1CC=C(c2c[nH]c3ncccc23)CC1. The number of rotatable bonds is 5. The molecule has 5 nitrogen and oxygen atoms in total. The molecule has 3 rings (SSSR count). The van der Waals surface area contributed by atoms with Gasteiger partial charge in [-0.1, -0.05) is 12.0 Å². The zero-order chi connectivity index (χ0) is 16.1. The standard InChI is InChI=1S/C18H20N4O/c1-2-8-19-17(23)7-12-22-10-5-14(6-11-22)16-13-21-18-15(16)4-3-9-20-18/h1,3-5,9,13H,6-8,10-12H2,(H,19,23)(H,20,21). The second kappa shape index (κ2) is 7.12. The molecule has 5 heteroatoms. The van der Waals surface area contributed by atoms with E-state index < -0.39 is 0 Å². The van der Waals surface area contributed by atoms with Gasteiger partial charge in [0.2, 0.25) is 5.91 Å². The van der Waals surface area contributed by atoms with Gasteiger partial charge >= 0.3 is 0 Å². The molecule has 0 atom stereocenters. The van der Waals surface area contributed by atoms with E-state index in [9.17, 15) is 4.79 Å². The number of carbonyl (C=O) groups is 1. The van der Waals surface area contributed by atoms with E-state index >= 15 is 0 Å². The highest BCUT2D eigenvalue weighted by Crippen LogP contribution is 2.28. The maximum atomic E-state index is 11.6. The lowest BCUT2D eigenvalue weighted by atomic mass is 9.99. The Hall–Kier alpha value is -2.58. The van der Waals surface area contributed by atoms with Crippen molar-refractivity contribution >= 4 is 22.5 Å². The van der Waals surface area contributed by atoms with Gasteiger partial charge in [0.25, 0.3) is 0 Å². The first-order valence-corrected chi connectivity index (χ1v) is 7.82. The molecule has 3 heterocycles. The number of amides is 1. The lowest BCUT2D eigenvalue weighted by Gasteiger charge is -2.26. The fraction of sp³-hybridized carbons (Fsp3) is 0.333. The molecule has 0 spiro atoms. The Morgan fingerprint density at radius 1 is 1.52 bits per heavy atom. The first-order chi connectivity index (χ1) is 11.3. The maximum absolute atomic E-state index is 11.6. The van der Waals surface area contributed by atoms with Crippen LogP contribution in [0.4, 0.5) is 0 Å². The Morgan fingerprint density at radius 3 is 3.22 bits per heavy atom.